The lowest BCUT2D eigenvalue weighted by Gasteiger charge is -2.28. The number of quaternary nitrogens is 1. The fourth-order valence-corrected chi connectivity index (χ4v) is 6.15. The van der Waals surface area contributed by atoms with Gasteiger partial charge in [-0.1, -0.05) is 152 Å². The van der Waals surface area contributed by atoms with E-state index in [0.29, 0.717) is 24.1 Å². The molecule has 0 radical (unpaired) electrons. The van der Waals surface area contributed by atoms with E-state index in [-0.39, 0.29) is 25.8 Å². The molecule has 0 aliphatic rings. The predicted molar refractivity (Wildman–Crippen MR) is 217 cm³/mol. The molecule has 9 heteroatoms. The summed E-state index contributed by atoms with van der Waals surface area (Å²) in [5.41, 5.74) is 0. The number of rotatable bonds is 38. The second kappa shape index (κ2) is 36.4. The first kappa shape index (κ1) is 50.5. The van der Waals surface area contributed by atoms with Crippen molar-refractivity contribution in [1.29, 1.82) is 0 Å². The van der Waals surface area contributed by atoms with E-state index in [1.165, 1.54) is 83.5 Å². The van der Waals surface area contributed by atoms with Gasteiger partial charge < -0.3 is 27.9 Å². The number of phosphoric ester groups is 1. The summed E-state index contributed by atoms with van der Waals surface area (Å²) in [5, 5.41) is 0. The molecule has 0 saturated heterocycles. The van der Waals surface area contributed by atoms with Gasteiger partial charge >= 0.3 is 5.97 Å². The summed E-state index contributed by atoms with van der Waals surface area (Å²) >= 11 is 0. The number of ether oxygens (including phenoxy) is 2. The number of esters is 1. The molecule has 0 aromatic rings. The third kappa shape index (κ3) is 39.7. The van der Waals surface area contributed by atoms with Crippen molar-refractivity contribution in [3.63, 3.8) is 0 Å². The second-order valence-electron chi connectivity index (χ2n) is 15.0. The summed E-state index contributed by atoms with van der Waals surface area (Å²) in [6, 6.07) is 0. The zero-order valence-corrected chi connectivity index (χ0v) is 35.1. The zero-order chi connectivity index (χ0) is 38.4. The van der Waals surface area contributed by atoms with E-state index >= 15 is 0 Å². The molecule has 304 valence electrons. The lowest BCUT2D eigenvalue weighted by molar-refractivity contribution is -0.870. The summed E-state index contributed by atoms with van der Waals surface area (Å²) in [5.74, 6) is -0.343. The van der Waals surface area contributed by atoms with Crippen LogP contribution in [0.5, 0.6) is 0 Å². The summed E-state index contributed by atoms with van der Waals surface area (Å²) in [4.78, 5) is 24.9. The van der Waals surface area contributed by atoms with Gasteiger partial charge in [0.15, 0.2) is 0 Å². The van der Waals surface area contributed by atoms with Gasteiger partial charge in [0, 0.05) is 13.0 Å². The Morgan fingerprint density at radius 1 is 0.615 bits per heavy atom. The van der Waals surface area contributed by atoms with Crippen LogP contribution in [-0.2, 0) is 27.9 Å². The molecule has 0 amide bonds. The number of unbranched alkanes of at least 4 members (excludes halogenated alkanes) is 16. The van der Waals surface area contributed by atoms with Crippen LogP contribution in [0.25, 0.3) is 0 Å². The van der Waals surface area contributed by atoms with Crippen LogP contribution in [0.3, 0.4) is 0 Å². The van der Waals surface area contributed by atoms with E-state index in [0.717, 1.165) is 57.8 Å². The van der Waals surface area contributed by atoms with E-state index < -0.39 is 13.9 Å². The van der Waals surface area contributed by atoms with Crippen LogP contribution in [0.2, 0.25) is 0 Å². The minimum absolute atomic E-state index is 0.0242. The maximum absolute atomic E-state index is 12.5. The Kier molecular flexibility index (Phi) is 35.4. The first-order valence-electron chi connectivity index (χ1n) is 20.9. The Morgan fingerprint density at radius 2 is 1.12 bits per heavy atom. The fourth-order valence-electron chi connectivity index (χ4n) is 5.42. The number of nitrogens with zero attached hydrogens (tertiary/aromatic N) is 1. The highest BCUT2D eigenvalue weighted by Gasteiger charge is 2.20. The van der Waals surface area contributed by atoms with Crippen LogP contribution < -0.4 is 4.89 Å². The molecule has 0 spiro atoms. The third-order valence-electron chi connectivity index (χ3n) is 8.64. The molecular formula is C43H80NO7P. The summed E-state index contributed by atoms with van der Waals surface area (Å²) in [7, 11) is 1.35. The molecule has 0 bridgehead atoms. The van der Waals surface area contributed by atoms with E-state index in [9.17, 15) is 14.3 Å². The minimum atomic E-state index is -4.52. The van der Waals surface area contributed by atoms with Crippen molar-refractivity contribution >= 4 is 13.8 Å². The van der Waals surface area contributed by atoms with Gasteiger partial charge in [0.05, 0.1) is 34.4 Å². The molecule has 0 aliphatic carbocycles. The largest absolute Gasteiger partial charge is 0.756 e. The number of hydrogen-bond acceptors (Lipinski definition) is 7. The number of carbonyl (C=O) groups excluding carboxylic acids is 1. The normalized spacial score (nSPS) is 14.3. The Labute approximate surface area is 320 Å². The number of likely N-dealkylation sites (N-methyl/N-ethyl adjacent to an activating group) is 1. The molecule has 0 saturated carbocycles. The average Bonchev–Trinajstić information content (AvgIpc) is 3.09. The van der Waals surface area contributed by atoms with Gasteiger partial charge in [-0.2, -0.15) is 0 Å². The summed E-state index contributed by atoms with van der Waals surface area (Å²) in [6.07, 6.45) is 42.8. The molecule has 52 heavy (non-hydrogen) atoms. The van der Waals surface area contributed by atoms with E-state index in [4.69, 9.17) is 18.5 Å². The van der Waals surface area contributed by atoms with Crippen LogP contribution in [0.1, 0.15) is 162 Å². The Morgan fingerprint density at radius 3 is 1.67 bits per heavy atom. The van der Waals surface area contributed by atoms with Gasteiger partial charge in [-0.3, -0.25) is 9.36 Å². The zero-order valence-electron chi connectivity index (χ0n) is 34.2. The van der Waals surface area contributed by atoms with Crippen LogP contribution in [0, 0.1) is 0 Å². The molecule has 0 aromatic carbocycles. The second-order valence-corrected chi connectivity index (χ2v) is 16.4. The molecular weight excluding hydrogens is 673 g/mol. The molecule has 0 N–H and O–H groups in total. The van der Waals surface area contributed by atoms with Gasteiger partial charge in [0.25, 0.3) is 7.82 Å². The Hall–Kier alpha value is -1.54. The minimum Gasteiger partial charge on any atom is -0.756 e. The molecule has 8 nitrogen and oxygen atoms in total. The quantitative estimate of drug-likeness (QED) is 0.0204. The highest BCUT2D eigenvalue weighted by Crippen LogP contribution is 2.38. The van der Waals surface area contributed by atoms with Crippen LogP contribution in [-0.4, -0.2) is 70.7 Å². The molecule has 0 fully saturated rings. The first-order valence-corrected chi connectivity index (χ1v) is 22.3. The van der Waals surface area contributed by atoms with Crippen molar-refractivity contribution in [1.82, 2.24) is 0 Å². The lowest BCUT2D eigenvalue weighted by Crippen LogP contribution is -2.37. The third-order valence-corrected chi connectivity index (χ3v) is 9.61. The van der Waals surface area contributed by atoms with Crippen LogP contribution >= 0.6 is 7.82 Å². The SMILES string of the molecule is CC/C=C\C/C=C\C/C=C\C/C=C\CCCCCCCCCCCOCC(COP(=O)([O-])OCC[N+](C)(C)C)OC(=O)CCCCCCCCCC. The average molecular weight is 754 g/mol. The smallest absolute Gasteiger partial charge is 0.306 e. The van der Waals surface area contributed by atoms with Gasteiger partial charge in [-0.05, 0) is 51.4 Å². The Balaban J connectivity index is 4.12. The number of allylic oxidation sites excluding steroid dienone is 8. The van der Waals surface area contributed by atoms with Crippen LogP contribution in [0.4, 0.5) is 0 Å². The highest BCUT2D eigenvalue weighted by atomic mass is 31.2. The molecule has 0 aliphatic heterocycles. The van der Waals surface area contributed by atoms with Crippen molar-refractivity contribution in [2.24, 2.45) is 0 Å². The van der Waals surface area contributed by atoms with Crippen LogP contribution in [0.15, 0.2) is 48.6 Å². The lowest BCUT2D eigenvalue weighted by atomic mass is 10.1. The van der Waals surface area contributed by atoms with Gasteiger partial charge in [-0.15, -0.1) is 0 Å². The summed E-state index contributed by atoms with van der Waals surface area (Å²) < 4.78 is 34.4. The van der Waals surface area contributed by atoms with Crippen molar-refractivity contribution < 1.29 is 37.3 Å². The number of phosphoric acid groups is 1. The van der Waals surface area contributed by atoms with Crippen molar-refractivity contribution in [2.75, 3.05) is 54.1 Å². The van der Waals surface area contributed by atoms with E-state index in [1.54, 1.807) is 0 Å². The number of carbonyl (C=O) groups is 1. The van der Waals surface area contributed by atoms with Crippen molar-refractivity contribution in [3.05, 3.63) is 48.6 Å². The number of hydrogen-bond donors (Lipinski definition) is 0. The summed E-state index contributed by atoms with van der Waals surface area (Å²) in [6.45, 7) is 5.25. The van der Waals surface area contributed by atoms with Gasteiger partial charge in [-0.25, -0.2) is 0 Å². The van der Waals surface area contributed by atoms with Gasteiger partial charge in [0.1, 0.15) is 19.3 Å². The highest BCUT2D eigenvalue weighted by molar-refractivity contribution is 7.45. The first-order chi connectivity index (χ1) is 25.1. The van der Waals surface area contributed by atoms with E-state index in [1.807, 2.05) is 21.1 Å². The maximum atomic E-state index is 12.5. The van der Waals surface area contributed by atoms with E-state index in [2.05, 4.69) is 62.5 Å². The molecule has 0 rings (SSSR count). The van der Waals surface area contributed by atoms with Gasteiger partial charge in [0.2, 0.25) is 0 Å². The fraction of sp³-hybridized carbons (Fsp3) is 0.791. The van der Waals surface area contributed by atoms with Crippen molar-refractivity contribution in [3.8, 4) is 0 Å². The maximum Gasteiger partial charge on any atom is 0.306 e. The predicted octanol–water partition coefficient (Wildman–Crippen LogP) is 11.4. The molecule has 0 heterocycles. The molecule has 0 aromatic heterocycles. The molecule has 2 unspecified atom stereocenters. The monoisotopic (exact) mass is 754 g/mol. The van der Waals surface area contributed by atoms with Crippen molar-refractivity contribution in [2.45, 2.75) is 168 Å². The topological polar surface area (TPSA) is 94.1 Å². The molecule has 2 atom stereocenters. The Bertz CT molecular complexity index is 973. The standard InChI is InChI=1S/C43H80NO7P/c1-6-8-10-12-14-16-17-18-19-20-21-22-23-24-25-26-27-28-29-31-33-35-38-48-40-42(41-50-52(46,47)49-39-37-44(3,4)5)51-43(45)36-34-32-30-15-13-11-9-7-2/h8,10,14,16,18-19,21-22,42H,6-7,9,11-13,15,17,20,23-41H2,1-5H3/b10-8-,16-14-,19-18-,22-21-.